The lowest BCUT2D eigenvalue weighted by Crippen LogP contribution is -2.48. The lowest BCUT2D eigenvalue weighted by Gasteiger charge is -2.57. The molecule has 4 heteroatoms. The van der Waals surface area contributed by atoms with Crippen LogP contribution in [0.4, 0.5) is 0 Å². The highest BCUT2D eigenvalue weighted by Crippen LogP contribution is 2.61. The van der Waals surface area contributed by atoms with E-state index in [1.807, 2.05) is 4.90 Å². The van der Waals surface area contributed by atoms with Crippen molar-refractivity contribution < 1.29 is 4.79 Å². The fourth-order valence-corrected chi connectivity index (χ4v) is 5.73. The fraction of sp³-hybridized carbons (Fsp3) is 0.882. The van der Waals surface area contributed by atoms with Crippen molar-refractivity contribution in [2.75, 3.05) is 13.1 Å². The first-order valence-electron chi connectivity index (χ1n) is 8.56. The van der Waals surface area contributed by atoms with E-state index in [-0.39, 0.29) is 0 Å². The Morgan fingerprint density at radius 2 is 1.71 bits per heavy atom. The van der Waals surface area contributed by atoms with E-state index in [4.69, 9.17) is 18.0 Å². The lowest BCUT2D eigenvalue weighted by molar-refractivity contribution is -0.139. The lowest BCUT2D eigenvalue weighted by atomic mass is 9.49. The molecule has 4 bridgehead atoms. The molecule has 2 N–H and O–H groups in total. The van der Waals surface area contributed by atoms with Crippen LogP contribution in [0.5, 0.6) is 0 Å². The average Bonchev–Trinajstić information content (AvgIpc) is 2.36. The molecule has 0 aliphatic heterocycles. The van der Waals surface area contributed by atoms with E-state index in [1.54, 1.807) is 0 Å². The fourth-order valence-electron chi connectivity index (χ4n) is 5.64. The van der Waals surface area contributed by atoms with E-state index < -0.39 is 0 Å². The molecule has 0 radical (unpaired) electrons. The zero-order valence-corrected chi connectivity index (χ0v) is 14.0. The number of amides is 1. The van der Waals surface area contributed by atoms with Gasteiger partial charge in [-0.1, -0.05) is 12.2 Å². The second kappa shape index (κ2) is 5.86. The number of rotatable bonds is 6. The van der Waals surface area contributed by atoms with E-state index in [1.165, 1.54) is 38.5 Å². The van der Waals surface area contributed by atoms with E-state index in [0.717, 1.165) is 30.7 Å². The predicted molar refractivity (Wildman–Crippen MR) is 88.9 cm³/mol. The molecule has 0 heterocycles. The minimum Gasteiger partial charge on any atom is -0.393 e. The van der Waals surface area contributed by atoms with Crippen LogP contribution < -0.4 is 5.73 Å². The summed E-state index contributed by atoms with van der Waals surface area (Å²) < 4.78 is 0. The monoisotopic (exact) mass is 308 g/mol. The topological polar surface area (TPSA) is 46.3 Å². The van der Waals surface area contributed by atoms with Gasteiger partial charge in [0.05, 0.1) is 4.99 Å². The first-order valence-corrected chi connectivity index (χ1v) is 8.96. The first-order chi connectivity index (χ1) is 9.99. The summed E-state index contributed by atoms with van der Waals surface area (Å²) in [5.74, 6) is 3.07. The molecule has 0 spiro atoms. The normalized spacial score (nSPS) is 36.7. The maximum absolute atomic E-state index is 12.7. The van der Waals surface area contributed by atoms with Crippen molar-refractivity contribution >= 4 is 23.1 Å². The van der Waals surface area contributed by atoms with Crippen molar-refractivity contribution in [3.8, 4) is 0 Å². The Bertz CT molecular complexity index is 399. The minimum atomic E-state index is 0.329. The van der Waals surface area contributed by atoms with Gasteiger partial charge in [-0.2, -0.15) is 0 Å². The van der Waals surface area contributed by atoms with Gasteiger partial charge in [0.1, 0.15) is 0 Å². The molecule has 1 amide bonds. The molecule has 0 atom stereocenters. The van der Waals surface area contributed by atoms with Crippen molar-refractivity contribution in [1.82, 2.24) is 4.90 Å². The van der Waals surface area contributed by atoms with Gasteiger partial charge in [0.25, 0.3) is 0 Å². The summed E-state index contributed by atoms with van der Waals surface area (Å²) in [5, 5.41) is 0. The Morgan fingerprint density at radius 1 is 1.19 bits per heavy atom. The van der Waals surface area contributed by atoms with Gasteiger partial charge in [0, 0.05) is 25.9 Å². The maximum atomic E-state index is 12.7. The second-order valence-corrected chi connectivity index (χ2v) is 8.31. The highest BCUT2D eigenvalue weighted by molar-refractivity contribution is 7.80. The van der Waals surface area contributed by atoms with Gasteiger partial charge in [-0.25, -0.2) is 0 Å². The number of hydrogen-bond donors (Lipinski definition) is 1. The Balaban J connectivity index is 1.62. The summed E-state index contributed by atoms with van der Waals surface area (Å²) in [6.45, 7) is 3.52. The van der Waals surface area contributed by atoms with E-state index in [0.29, 0.717) is 29.3 Å². The number of hydrogen-bond acceptors (Lipinski definition) is 2. The standard InChI is InChI=1S/C17H28N2OS/c1-2-19(4-3-15(18)21)16(20)11-17-8-12-5-13(9-17)7-14(6-12)10-17/h12-14H,2-11H2,1H3,(H2,18,21). The predicted octanol–water partition coefficient (Wildman–Crippen LogP) is 3.12. The van der Waals surface area contributed by atoms with Crippen LogP contribution in [0.15, 0.2) is 0 Å². The third-order valence-electron chi connectivity index (χ3n) is 6.05. The zero-order valence-electron chi connectivity index (χ0n) is 13.1. The van der Waals surface area contributed by atoms with Crippen LogP contribution >= 0.6 is 12.2 Å². The summed E-state index contributed by atoms with van der Waals surface area (Å²) in [4.78, 5) is 15.2. The molecule has 0 aromatic carbocycles. The first kappa shape index (κ1) is 15.3. The molecule has 0 saturated heterocycles. The quantitative estimate of drug-likeness (QED) is 0.767. The largest absolute Gasteiger partial charge is 0.393 e. The molecule has 4 aliphatic rings. The molecule has 0 unspecified atom stereocenters. The number of carbonyl (C=O) groups excluding carboxylic acids is 1. The smallest absolute Gasteiger partial charge is 0.223 e. The van der Waals surface area contributed by atoms with Crippen molar-refractivity contribution in [2.24, 2.45) is 28.9 Å². The third-order valence-corrected chi connectivity index (χ3v) is 6.26. The zero-order chi connectivity index (χ0) is 15.0. The average molecular weight is 308 g/mol. The highest BCUT2D eigenvalue weighted by atomic mass is 32.1. The van der Waals surface area contributed by atoms with Crippen LogP contribution in [0.2, 0.25) is 0 Å². The van der Waals surface area contributed by atoms with Crippen molar-refractivity contribution in [2.45, 2.75) is 58.3 Å². The van der Waals surface area contributed by atoms with Crippen molar-refractivity contribution in [1.29, 1.82) is 0 Å². The molecule has 21 heavy (non-hydrogen) atoms. The molecule has 4 rings (SSSR count). The van der Waals surface area contributed by atoms with Crippen LogP contribution in [0, 0.1) is 23.2 Å². The van der Waals surface area contributed by atoms with E-state index in [2.05, 4.69) is 6.92 Å². The summed E-state index contributed by atoms with van der Waals surface area (Å²) in [7, 11) is 0. The molecular weight excluding hydrogens is 280 g/mol. The van der Waals surface area contributed by atoms with Gasteiger partial charge < -0.3 is 10.6 Å². The molecule has 4 aliphatic carbocycles. The van der Waals surface area contributed by atoms with Gasteiger partial charge in [0.15, 0.2) is 0 Å². The number of nitrogens with zero attached hydrogens (tertiary/aromatic N) is 1. The van der Waals surface area contributed by atoms with Crippen molar-refractivity contribution in [3.63, 3.8) is 0 Å². The van der Waals surface area contributed by atoms with Gasteiger partial charge in [0.2, 0.25) is 5.91 Å². The summed E-state index contributed by atoms with van der Waals surface area (Å²) >= 11 is 4.94. The van der Waals surface area contributed by atoms with Crippen LogP contribution in [-0.4, -0.2) is 28.9 Å². The maximum Gasteiger partial charge on any atom is 0.223 e. The molecule has 4 fully saturated rings. The molecule has 118 valence electrons. The number of thiocarbonyl (C=S) groups is 1. The second-order valence-electron chi connectivity index (χ2n) is 7.78. The van der Waals surface area contributed by atoms with E-state index >= 15 is 0 Å². The van der Waals surface area contributed by atoms with Crippen LogP contribution in [-0.2, 0) is 4.79 Å². The van der Waals surface area contributed by atoms with Crippen LogP contribution in [0.3, 0.4) is 0 Å². The Hall–Kier alpha value is -0.640. The molecule has 0 aromatic rings. The highest BCUT2D eigenvalue weighted by Gasteiger charge is 2.51. The van der Waals surface area contributed by atoms with Crippen molar-refractivity contribution in [3.05, 3.63) is 0 Å². The van der Waals surface area contributed by atoms with E-state index in [9.17, 15) is 4.79 Å². The molecular formula is C17H28N2OS. The van der Waals surface area contributed by atoms with Crippen LogP contribution in [0.1, 0.15) is 58.3 Å². The number of carbonyl (C=O) groups is 1. The third kappa shape index (κ3) is 3.25. The minimum absolute atomic E-state index is 0.329. The van der Waals surface area contributed by atoms with Gasteiger partial charge in [-0.05, 0) is 68.6 Å². The molecule has 0 aromatic heterocycles. The van der Waals surface area contributed by atoms with Crippen LogP contribution in [0.25, 0.3) is 0 Å². The van der Waals surface area contributed by atoms with Gasteiger partial charge in [-0.15, -0.1) is 0 Å². The summed E-state index contributed by atoms with van der Waals surface area (Å²) in [6.07, 6.45) is 9.63. The summed E-state index contributed by atoms with van der Waals surface area (Å²) in [5.41, 5.74) is 5.91. The van der Waals surface area contributed by atoms with Gasteiger partial charge >= 0.3 is 0 Å². The Morgan fingerprint density at radius 3 is 2.14 bits per heavy atom. The van der Waals surface area contributed by atoms with Gasteiger partial charge in [-0.3, -0.25) is 4.79 Å². The Kier molecular flexibility index (Phi) is 4.26. The molecule has 4 saturated carbocycles. The molecule has 3 nitrogen and oxygen atoms in total. The number of nitrogens with two attached hydrogens (primary N) is 1. The SMILES string of the molecule is CCN(CCC(N)=S)C(=O)CC12CC3CC(CC(C3)C1)C2. The Labute approximate surface area is 133 Å². The summed E-state index contributed by atoms with van der Waals surface area (Å²) in [6, 6.07) is 0.